The lowest BCUT2D eigenvalue weighted by Gasteiger charge is -2.16. The molecule has 4 aromatic carbocycles. The molecule has 172 valence electrons. The van der Waals surface area contributed by atoms with Crippen molar-refractivity contribution in [2.24, 2.45) is 4.99 Å². The number of hydrogen-bond acceptors (Lipinski definition) is 2. The molecule has 0 fully saturated rings. The van der Waals surface area contributed by atoms with Crippen molar-refractivity contribution in [3.63, 3.8) is 0 Å². The van der Waals surface area contributed by atoms with E-state index in [0.29, 0.717) is 5.57 Å². The molecule has 4 aromatic rings. The molecule has 5 rings (SSSR count). The van der Waals surface area contributed by atoms with Crippen LogP contribution in [0, 0.1) is 0 Å². The molecule has 0 spiro atoms. The van der Waals surface area contributed by atoms with Gasteiger partial charge in [0.25, 0.3) is 5.91 Å². The monoisotopic (exact) mass is 520 g/mol. The number of carbonyl (C=O) groups is 1. The van der Waals surface area contributed by atoms with Crippen LogP contribution in [0.15, 0.2) is 124 Å². The molecule has 0 aliphatic carbocycles. The van der Waals surface area contributed by atoms with Crippen molar-refractivity contribution in [1.29, 1.82) is 0 Å². The fourth-order valence-corrected chi connectivity index (χ4v) is 4.87. The number of rotatable bonds is 7. The summed E-state index contributed by atoms with van der Waals surface area (Å²) in [4.78, 5) is 18.1. The summed E-state index contributed by atoms with van der Waals surface area (Å²) >= 11 is 3.56. The van der Waals surface area contributed by atoms with Gasteiger partial charge in [0, 0.05) is 16.4 Å². The minimum atomic E-state index is -0.132. The summed E-state index contributed by atoms with van der Waals surface area (Å²) in [5.41, 5.74) is 6.97. The highest BCUT2D eigenvalue weighted by atomic mass is 79.9. The zero-order valence-corrected chi connectivity index (χ0v) is 20.8. The Morgan fingerprint density at radius 2 is 1.43 bits per heavy atom. The summed E-state index contributed by atoms with van der Waals surface area (Å²) in [5, 5.41) is 3.03. The van der Waals surface area contributed by atoms with Gasteiger partial charge in [-0.3, -0.25) is 9.79 Å². The van der Waals surface area contributed by atoms with E-state index in [1.165, 1.54) is 11.1 Å². The van der Waals surface area contributed by atoms with Gasteiger partial charge in [-0.15, -0.1) is 0 Å². The Balaban J connectivity index is 1.45. The molecule has 1 amide bonds. The molecule has 0 aromatic heterocycles. The Bertz CT molecular complexity index is 1380. The highest BCUT2D eigenvalue weighted by molar-refractivity contribution is 9.10. The minimum absolute atomic E-state index is 0.0759. The second-order valence-electron chi connectivity index (χ2n) is 8.55. The number of hydrogen-bond donors (Lipinski definition) is 1. The van der Waals surface area contributed by atoms with Gasteiger partial charge in [0.1, 0.15) is 0 Å². The fourth-order valence-electron chi connectivity index (χ4n) is 4.42. The SMILES string of the molecule is O=C(Nc1ccccc1)C1=C(c2ccc(-c3ccccc3)cc2)C(CCc2cccc(Br)c2)N=C1. The van der Waals surface area contributed by atoms with Crippen LogP contribution in [-0.2, 0) is 11.2 Å². The van der Waals surface area contributed by atoms with Crippen LogP contribution in [0.1, 0.15) is 17.5 Å². The second-order valence-corrected chi connectivity index (χ2v) is 9.47. The van der Waals surface area contributed by atoms with Crippen molar-refractivity contribution in [3.8, 4) is 11.1 Å². The molecule has 0 saturated carbocycles. The Morgan fingerprint density at radius 3 is 2.14 bits per heavy atom. The lowest BCUT2D eigenvalue weighted by atomic mass is 9.91. The summed E-state index contributed by atoms with van der Waals surface area (Å²) in [7, 11) is 0. The van der Waals surface area contributed by atoms with Crippen molar-refractivity contribution < 1.29 is 4.79 Å². The van der Waals surface area contributed by atoms with Gasteiger partial charge in [0.15, 0.2) is 0 Å². The molecule has 3 nitrogen and oxygen atoms in total. The van der Waals surface area contributed by atoms with Crippen LogP contribution >= 0.6 is 15.9 Å². The number of aliphatic imine (C=N–C) groups is 1. The summed E-state index contributed by atoms with van der Waals surface area (Å²) in [6.07, 6.45) is 3.44. The van der Waals surface area contributed by atoms with Gasteiger partial charge in [0.05, 0.1) is 11.6 Å². The summed E-state index contributed by atoms with van der Waals surface area (Å²) in [6, 6.07) is 36.6. The fraction of sp³-hybridized carbons (Fsp3) is 0.0968. The van der Waals surface area contributed by atoms with E-state index < -0.39 is 0 Å². The van der Waals surface area contributed by atoms with Crippen LogP contribution < -0.4 is 5.32 Å². The van der Waals surface area contributed by atoms with Gasteiger partial charge in [-0.2, -0.15) is 0 Å². The van der Waals surface area contributed by atoms with Gasteiger partial charge in [0.2, 0.25) is 0 Å². The molecule has 35 heavy (non-hydrogen) atoms. The van der Waals surface area contributed by atoms with Gasteiger partial charge < -0.3 is 5.32 Å². The van der Waals surface area contributed by atoms with Crippen molar-refractivity contribution in [2.75, 3.05) is 5.32 Å². The molecule has 0 radical (unpaired) electrons. The van der Waals surface area contributed by atoms with Gasteiger partial charge >= 0.3 is 0 Å². The Hall–Kier alpha value is -3.76. The van der Waals surface area contributed by atoms with E-state index in [1.807, 2.05) is 54.6 Å². The van der Waals surface area contributed by atoms with Crippen LogP contribution in [0.5, 0.6) is 0 Å². The lowest BCUT2D eigenvalue weighted by molar-refractivity contribution is -0.112. The zero-order chi connectivity index (χ0) is 24.0. The predicted octanol–water partition coefficient (Wildman–Crippen LogP) is 7.59. The van der Waals surface area contributed by atoms with E-state index in [4.69, 9.17) is 4.99 Å². The van der Waals surface area contributed by atoms with E-state index >= 15 is 0 Å². The number of nitrogens with one attached hydrogen (secondary N) is 1. The van der Waals surface area contributed by atoms with Crippen molar-refractivity contribution >= 4 is 39.3 Å². The number of benzene rings is 4. The first kappa shape index (κ1) is 23.0. The van der Waals surface area contributed by atoms with Crippen LogP contribution in [0.2, 0.25) is 0 Å². The number of aryl methyl sites for hydroxylation is 1. The first-order valence-corrected chi connectivity index (χ1v) is 12.5. The van der Waals surface area contributed by atoms with Gasteiger partial charge in [-0.05, 0) is 64.9 Å². The van der Waals surface area contributed by atoms with E-state index in [1.54, 1.807) is 6.21 Å². The molecule has 1 aliphatic heterocycles. The standard InChI is InChI=1S/C31H25BrN2O/c32-26-11-7-8-22(20-26)14-19-29-30(25-17-15-24(16-18-25)23-9-3-1-4-10-23)28(21-33-29)31(35)34-27-12-5-2-6-13-27/h1-13,15-18,20-21,29H,14,19H2,(H,34,35). The van der Waals surface area contributed by atoms with Crippen molar-refractivity contribution in [1.82, 2.24) is 0 Å². The molecule has 1 aliphatic rings. The first-order valence-electron chi connectivity index (χ1n) is 11.7. The summed E-state index contributed by atoms with van der Waals surface area (Å²) < 4.78 is 1.07. The molecule has 1 atom stereocenters. The highest BCUT2D eigenvalue weighted by Crippen LogP contribution is 2.33. The average Bonchev–Trinajstić information content (AvgIpc) is 3.33. The van der Waals surface area contributed by atoms with Gasteiger partial charge in [-0.25, -0.2) is 0 Å². The zero-order valence-electron chi connectivity index (χ0n) is 19.2. The molecule has 0 saturated heterocycles. The van der Waals surface area contributed by atoms with E-state index in [0.717, 1.165) is 39.7 Å². The molecule has 0 bridgehead atoms. The number of nitrogens with zero attached hydrogens (tertiary/aromatic N) is 1. The number of amides is 1. The van der Waals surface area contributed by atoms with Crippen LogP contribution in [0.3, 0.4) is 0 Å². The number of para-hydroxylation sites is 1. The minimum Gasteiger partial charge on any atom is -0.322 e. The van der Waals surface area contributed by atoms with Crippen LogP contribution in [0.25, 0.3) is 16.7 Å². The quantitative estimate of drug-likeness (QED) is 0.267. The molecule has 1 heterocycles. The lowest BCUT2D eigenvalue weighted by Crippen LogP contribution is -2.17. The summed E-state index contributed by atoms with van der Waals surface area (Å²) in [5.74, 6) is -0.132. The van der Waals surface area contributed by atoms with E-state index in [9.17, 15) is 4.79 Å². The molecule has 1 unspecified atom stereocenters. The van der Waals surface area contributed by atoms with E-state index in [-0.39, 0.29) is 11.9 Å². The van der Waals surface area contributed by atoms with Crippen LogP contribution in [-0.4, -0.2) is 18.2 Å². The Kier molecular flexibility index (Phi) is 7.01. The number of anilines is 1. The van der Waals surface area contributed by atoms with E-state index in [2.05, 4.69) is 75.8 Å². The number of halogens is 1. The molecule has 4 heteroatoms. The molecular weight excluding hydrogens is 496 g/mol. The van der Waals surface area contributed by atoms with Crippen molar-refractivity contribution in [3.05, 3.63) is 130 Å². The van der Waals surface area contributed by atoms with Crippen LogP contribution in [0.4, 0.5) is 5.69 Å². The molecular formula is C31H25BrN2O. The maximum Gasteiger partial charge on any atom is 0.257 e. The average molecular weight is 521 g/mol. The maximum atomic E-state index is 13.3. The third-order valence-corrected chi connectivity index (χ3v) is 6.68. The maximum absolute atomic E-state index is 13.3. The topological polar surface area (TPSA) is 41.5 Å². The molecule has 1 N–H and O–H groups in total. The predicted molar refractivity (Wildman–Crippen MR) is 149 cm³/mol. The highest BCUT2D eigenvalue weighted by Gasteiger charge is 2.27. The van der Waals surface area contributed by atoms with Crippen molar-refractivity contribution in [2.45, 2.75) is 18.9 Å². The normalized spacial score (nSPS) is 14.8. The third-order valence-electron chi connectivity index (χ3n) is 6.18. The summed E-state index contributed by atoms with van der Waals surface area (Å²) in [6.45, 7) is 0. The smallest absolute Gasteiger partial charge is 0.257 e. The second kappa shape index (κ2) is 10.7. The largest absolute Gasteiger partial charge is 0.322 e. The van der Waals surface area contributed by atoms with Gasteiger partial charge in [-0.1, -0.05) is 101 Å². The first-order chi connectivity index (χ1) is 17.2. The Morgan fingerprint density at radius 1 is 0.771 bits per heavy atom. The Labute approximate surface area is 214 Å². The number of carbonyl (C=O) groups excluding carboxylic acids is 1. The third kappa shape index (κ3) is 5.50.